The van der Waals surface area contributed by atoms with Gasteiger partial charge in [-0.05, 0) is 42.5 Å². The molecule has 0 aromatic heterocycles. The second-order valence-corrected chi connectivity index (χ2v) is 7.50. The molecule has 112 valence electrons. The average molecular weight is 318 g/mol. The monoisotopic (exact) mass is 317 g/mol. The zero-order chi connectivity index (χ0) is 14.8. The van der Waals surface area contributed by atoms with Gasteiger partial charge < -0.3 is 5.11 Å². The van der Waals surface area contributed by atoms with Gasteiger partial charge in [0.2, 0.25) is 10.0 Å². The van der Waals surface area contributed by atoms with Crippen LogP contribution in [0.4, 0.5) is 0 Å². The summed E-state index contributed by atoms with van der Waals surface area (Å²) in [4.78, 5) is 0.155. The van der Waals surface area contributed by atoms with Crippen molar-refractivity contribution in [2.45, 2.75) is 44.1 Å². The average Bonchev–Trinajstić information content (AvgIpc) is 2.34. The Morgan fingerprint density at radius 1 is 1.40 bits per heavy atom. The second kappa shape index (κ2) is 6.43. The molecule has 0 saturated heterocycles. The van der Waals surface area contributed by atoms with Crippen LogP contribution in [0, 0.1) is 12.8 Å². The first kappa shape index (κ1) is 15.8. The topological polar surface area (TPSA) is 66.4 Å². The van der Waals surface area contributed by atoms with Gasteiger partial charge in [-0.15, -0.1) is 0 Å². The fourth-order valence-corrected chi connectivity index (χ4v) is 4.07. The van der Waals surface area contributed by atoms with Gasteiger partial charge in [-0.1, -0.05) is 30.9 Å². The minimum absolute atomic E-state index is 0.155. The molecule has 20 heavy (non-hydrogen) atoms. The van der Waals surface area contributed by atoms with E-state index < -0.39 is 10.0 Å². The van der Waals surface area contributed by atoms with Crippen molar-refractivity contribution in [3.8, 4) is 0 Å². The quantitative estimate of drug-likeness (QED) is 0.847. The molecular weight excluding hydrogens is 298 g/mol. The van der Waals surface area contributed by atoms with E-state index in [-0.39, 0.29) is 11.5 Å². The normalized spacial score (nSPS) is 16.1. The molecular formula is C14H20ClNO3S. The Morgan fingerprint density at radius 3 is 2.65 bits per heavy atom. The van der Waals surface area contributed by atoms with Crippen LogP contribution in [-0.4, -0.2) is 20.1 Å². The Hall–Kier alpha value is -0.620. The molecule has 0 bridgehead atoms. The van der Waals surface area contributed by atoms with Gasteiger partial charge in [0.25, 0.3) is 0 Å². The third kappa shape index (κ3) is 3.52. The van der Waals surface area contributed by atoms with Crippen LogP contribution in [0.1, 0.15) is 36.8 Å². The molecule has 1 aromatic rings. The van der Waals surface area contributed by atoms with Gasteiger partial charge in [-0.2, -0.15) is 0 Å². The molecule has 0 unspecified atom stereocenters. The summed E-state index contributed by atoms with van der Waals surface area (Å²) in [6.07, 6.45) is 4.54. The van der Waals surface area contributed by atoms with E-state index in [4.69, 9.17) is 11.6 Å². The molecule has 2 rings (SSSR count). The summed E-state index contributed by atoms with van der Waals surface area (Å²) in [7, 11) is -3.57. The number of nitrogens with one attached hydrogen (secondary N) is 1. The molecule has 1 aliphatic carbocycles. The van der Waals surface area contributed by atoms with Crippen molar-refractivity contribution in [2.75, 3.05) is 6.54 Å². The van der Waals surface area contributed by atoms with Gasteiger partial charge in [-0.25, -0.2) is 13.1 Å². The van der Waals surface area contributed by atoms with Gasteiger partial charge in [0.1, 0.15) is 0 Å². The van der Waals surface area contributed by atoms with E-state index in [1.54, 1.807) is 13.0 Å². The van der Waals surface area contributed by atoms with Gasteiger partial charge in [0.05, 0.1) is 11.5 Å². The van der Waals surface area contributed by atoms with Gasteiger partial charge >= 0.3 is 0 Å². The summed E-state index contributed by atoms with van der Waals surface area (Å²) < 4.78 is 27.2. The fraction of sp³-hybridized carbons (Fsp3) is 0.571. The van der Waals surface area contributed by atoms with E-state index in [0.29, 0.717) is 28.6 Å². The number of halogens is 1. The molecule has 0 aliphatic heterocycles. The highest BCUT2D eigenvalue weighted by molar-refractivity contribution is 7.89. The van der Waals surface area contributed by atoms with Crippen LogP contribution in [0.2, 0.25) is 5.02 Å². The minimum atomic E-state index is -3.57. The minimum Gasteiger partial charge on any atom is -0.392 e. The summed E-state index contributed by atoms with van der Waals surface area (Å²) in [5, 5.41) is 9.57. The van der Waals surface area contributed by atoms with E-state index in [2.05, 4.69) is 4.72 Å². The van der Waals surface area contributed by atoms with E-state index in [9.17, 15) is 13.5 Å². The third-order valence-electron chi connectivity index (χ3n) is 3.96. The predicted molar refractivity (Wildman–Crippen MR) is 79.3 cm³/mol. The van der Waals surface area contributed by atoms with Gasteiger partial charge in [-0.3, -0.25) is 0 Å². The molecule has 2 N–H and O–H groups in total. The number of hydrogen-bond donors (Lipinski definition) is 2. The van der Waals surface area contributed by atoms with Crippen LogP contribution in [0.3, 0.4) is 0 Å². The number of benzene rings is 1. The standard InChI is InChI=1S/C14H20ClNO3S/c1-10-12(9-17)7-13(15)8-14(10)20(18,19)16-6-5-11-3-2-4-11/h7-8,11,16-17H,2-6,9H2,1H3. The van der Waals surface area contributed by atoms with Gasteiger partial charge in [0.15, 0.2) is 0 Å². The van der Waals surface area contributed by atoms with Crippen LogP contribution in [-0.2, 0) is 16.6 Å². The molecule has 0 heterocycles. The van der Waals surface area contributed by atoms with Crippen molar-refractivity contribution in [1.29, 1.82) is 0 Å². The Morgan fingerprint density at radius 2 is 2.10 bits per heavy atom. The summed E-state index contributed by atoms with van der Waals surface area (Å²) in [5.41, 5.74) is 1.09. The Labute approximate surface area is 125 Å². The SMILES string of the molecule is Cc1c(CO)cc(Cl)cc1S(=O)(=O)NCCC1CCC1. The largest absolute Gasteiger partial charge is 0.392 e. The summed E-state index contributed by atoms with van der Waals surface area (Å²) in [6.45, 7) is 1.91. The van der Waals surface area contributed by atoms with Crippen molar-refractivity contribution in [1.82, 2.24) is 4.72 Å². The van der Waals surface area contributed by atoms with E-state index in [1.165, 1.54) is 25.3 Å². The lowest BCUT2D eigenvalue weighted by Crippen LogP contribution is -2.28. The summed E-state index contributed by atoms with van der Waals surface area (Å²) in [5.74, 6) is 0.658. The maximum absolute atomic E-state index is 12.3. The van der Waals surface area contributed by atoms with E-state index in [0.717, 1.165) is 6.42 Å². The van der Waals surface area contributed by atoms with Crippen LogP contribution >= 0.6 is 11.6 Å². The lowest BCUT2D eigenvalue weighted by Gasteiger charge is -2.25. The molecule has 0 radical (unpaired) electrons. The highest BCUT2D eigenvalue weighted by atomic mass is 35.5. The Kier molecular flexibility index (Phi) is 5.07. The van der Waals surface area contributed by atoms with E-state index >= 15 is 0 Å². The van der Waals surface area contributed by atoms with Crippen molar-refractivity contribution >= 4 is 21.6 Å². The molecule has 0 atom stereocenters. The number of rotatable bonds is 6. The molecule has 1 aromatic carbocycles. The van der Waals surface area contributed by atoms with E-state index in [1.807, 2.05) is 0 Å². The van der Waals surface area contributed by atoms with Crippen LogP contribution in [0.5, 0.6) is 0 Å². The molecule has 6 heteroatoms. The molecule has 0 amide bonds. The highest BCUT2D eigenvalue weighted by Gasteiger charge is 2.21. The first-order valence-corrected chi connectivity index (χ1v) is 8.69. The maximum Gasteiger partial charge on any atom is 0.240 e. The summed E-state index contributed by atoms with van der Waals surface area (Å²) in [6, 6.07) is 3.02. The number of sulfonamides is 1. The van der Waals surface area contributed by atoms with Crippen molar-refractivity contribution in [3.05, 3.63) is 28.3 Å². The van der Waals surface area contributed by atoms with Crippen LogP contribution in [0.25, 0.3) is 0 Å². The molecule has 1 fully saturated rings. The predicted octanol–water partition coefficient (Wildman–Crippen LogP) is 2.61. The zero-order valence-corrected chi connectivity index (χ0v) is 13.1. The highest BCUT2D eigenvalue weighted by Crippen LogP contribution is 2.29. The van der Waals surface area contributed by atoms with Crippen LogP contribution in [0.15, 0.2) is 17.0 Å². The van der Waals surface area contributed by atoms with Crippen molar-refractivity contribution in [3.63, 3.8) is 0 Å². The smallest absolute Gasteiger partial charge is 0.240 e. The molecule has 1 aliphatic rings. The molecule has 0 spiro atoms. The first-order valence-electron chi connectivity index (χ1n) is 6.83. The number of aliphatic hydroxyl groups excluding tert-OH is 1. The number of hydrogen-bond acceptors (Lipinski definition) is 3. The lowest BCUT2D eigenvalue weighted by molar-refractivity contribution is 0.280. The van der Waals surface area contributed by atoms with Crippen molar-refractivity contribution in [2.24, 2.45) is 5.92 Å². The third-order valence-corrected chi connectivity index (χ3v) is 5.77. The molecule has 4 nitrogen and oxygen atoms in total. The lowest BCUT2D eigenvalue weighted by atomic mass is 9.83. The maximum atomic E-state index is 12.3. The Balaban J connectivity index is 2.13. The molecule has 1 saturated carbocycles. The van der Waals surface area contributed by atoms with Gasteiger partial charge in [0, 0.05) is 11.6 Å². The fourth-order valence-electron chi connectivity index (χ4n) is 2.41. The second-order valence-electron chi connectivity index (χ2n) is 5.33. The summed E-state index contributed by atoms with van der Waals surface area (Å²) >= 11 is 5.92. The van der Waals surface area contributed by atoms with Crippen LogP contribution < -0.4 is 4.72 Å². The first-order chi connectivity index (χ1) is 9.44. The number of aliphatic hydroxyl groups is 1. The zero-order valence-electron chi connectivity index (χ0n) is 11.5. The Bertz CT molecular complexity index is 582. The van der Waals surface area contributed by atoms with Crippen molar-refractivity contribution < 1.29 is 13.5 Å².